The molecule has 0 saturated heterocycles. The van der Waals surface area contributed by atoms with E-state index < -0.39 is 11.8 Å². The molecule has 0 spiro atoms. The number of esters is 1. The van der Waals surface area contributed by atoms with Crippen LogP contribution in [0.1, 0.15) is 52.1 Å². The molecule has 35 heavy (non-hydrogen) atoms. The van der Waals surface area contributed by atoms with Crippen LogP contribution < -0.4 is 14.2 Å². The topological polar surface area (TPSA) is 82.1 Å². The molecule has 4 rings (SSSR count). The van der Waals surface area contributed by atoms with Crippen LogP contribution in [0.4, 0.5) is 0 Å². The first-order valence-corrected chi connectivity index (χ1v) is 11.9. The van der Waals surface area contributed by atoms with Crippen molar-refractivity contribution in [1.29, 1.82) is 0 Å². The van der Waals surface area contributed by atoms with Gasteiger partial charge >= 0.3 is 5.97 Å². The quantitative estimate of drug-likeness (QED) is 0.170. The van der Waals surface area contributed by atoms with E-state index in [0.29, 0.717) is 29.0 Å². The molecule has 0 unspecified atom stereocenters. The summed E-state index contributed by atoms with van der Waals surface area (Å²) in [5.41, 5.74) is 1.52. The summed E-state index contributed by atoms with van der Waals surface area (Å²) in [5.74, 6) is 0.200. The van der Waals surface area contributed by atoms with Crippen LogP contribution in [0.5, 0.6) is 23.0 Å². The third-order valence-electron chi connectivity index (χ3n) is 5.74. The van der Waals surface area contributed by atoms with Gasteiger partial charge in [0, 0.05) is 16.1 Å². The van der Waals surface area contributed by atoms with Crippen molar-refractivity contribution in [2.75, 3.05) is 7.11 Å². The number of phenolic OH excluding ortho intramolecular Hbond substituents is 1. The van der Waals surface area contributed by atoms with E-state index in [1.165, 1.54) is 13.2 Å². The van der Waals surface area contributed by atoms with E-state index in [0.717, 1.165) is 16.5 Å². The van der Waals surface area contributed by atoms with E-state index in [-0.39, 0.29) is 22.7 Å². The smallest absolute Gasteiger partial charge is 0.343 e. The Hall–Kier alpha value is -3.58. The van der Waals surface area contributed by atoms with Gasteiger partial charge in [0.05, 0.1) is 12.7 Å². The monoisotopic (exact) mass is 536 g/mol. The van der Waals surface area contributed by atoms with Crippen molar-refractivity contribution in [2.24, 2.45) is 0 Å². The number of rotatable bonds is 6. The molecule has 0 amide bonds. The zero-order chi connectivity index (χ0) is 25.2. The Balaban J connectivity index is 1.49. The number of allylic oxidation sites excluding steroid dienone is 1. The van der Waals surface area contributed by atoms with Crippen LogP contribution in [-0.2, 0) is 6.42 Å². The molecule has 0 bridgehead atoms. The Labute approximate surface area is 212 Å². The standard InChI is InChI=1S/C28H25BrO6/c1-28(2)14-13-21-23(35-28)16-24(33-3)25(26(21)31)22(30)12-9-17-7-10-20(11-8-17)34-27(32)18-5-4-6-19(29)15-18/h4-12,15-16,31H,13-14H2,1-3H3/b12-9+. The maximum absolute atomic E-state index is 13.0. The van der Waals surface area contributed by atoms with Gasteiger partial charge in [-0.25, -0.2) is 4.79 Å². The number of ether oxygens (including phenoxy) is 3. The maximum atomic E-state index is 13.0. The number of methoxy groups -OCH3 is 1. The minimum atomic E-state index is -0.466. The van der Waals surface area contributed by atoms with Crippen molar-refractivity contribution in [3.05, 3.63) is 87.4 Å². The van der Waals surface area contributed by atoms with Crippen molar-refractivity contribution in [2.45, 2.75) is 32.3 Å². The first kappa shape index (κ1) is 24.5. The molecule has 6 nitrogen and oxygen atoms in total. The summed E-state index contributed by atoms with van der Waals surface area (Å²) in [6, 6.07) is 15.4. The van der Waals surface area contributed by atoms with Crippen LogP contribution in [0.3, 0.4) is 0 Å². The van der Waals surface area contributed by atoms with Gasteiger partial charge in [0.25, 0.3) is 0 Å². The van der Waals surface area contributed by atoms with Crippen LogP contribution in [0.15, 0.2) is 65.1 Å². The van der Waals surface area contributed by atoms with E-state index in [2.05, 4.69) is 15.9 Å². The molecule has 1 aliphatic rings. The lowest BCUT2D eigenvalue weighted by atomic mass is 9.91. The Morgan fingerprint density at radius 3 is 2.54 bits per heavy atom. The average molecular weight is 537 g/mol. The highest BCUT2D eigenvalue weighted by Gasteiger charge is 2.32. The molecule has 3 aromatic carbocycles. The molecule has 7 heteroatoms. The molecular formula is C28H25BrO6. The molecule has 0 aliphatic carbocycles. The molecule has 0 atom stereocenters. The normalized spacial score (nSPS) is 14.2. The van der Waals surface area contributed by atoms with Crippen LogP contribution in [0.2, 0.25) is 0 Å². The van der Waals surface area contributed by atoms with Gasteiger partial charge in [-0.15, -0.1) is 0 Å². The number of fused-ring (bicyclic) bond motifs is 1. The average Bonchev–Trinajstić information content (AvgIpc) is 2.82. The van der Waals surface area contributed by atoms with E-state index in [9.17, 15) is 14.7 Å². The molecule has 0 saturated carbocycles. The first-order valence-electron chi connectivity index (χ1n) is 11.1. The number of ketones is 1. The van der Waals surface area contributed by atoms with Gasteiger partial charge in [-0.2, -0.15) is 0 Å². The minimum Gasteiger partial charge on any atom is -0.507 e. The van der Waals surface area contributed by atoms with Crippen molar-refractivity contribution in [1.82, 2.24) is 0 Å². The predicted molar refractivity (Wildman–Crippen MR) is 137 cm³/mol. The molecule has 3 aromatic rings. The van der Waals surface area contributed by atoms with Crippen LogP contribution in [0, 0.1) is 0 Å². The summed E-state index contributed by atoms with van der Waals surface area (Å²) in [6.45, 7) is 3.96. The van der Waals surface area contributed by atoms with Gasteiger partial charge < -0.3 is 19.3 Å². The van der Waals surface area contributed by atoms with Crippen molar-refractivity contribution in [3.8, 4) is 23.0 Å². The van der Waals surface area contributed by atoms with E-state index in [4.69, 9.17) is 14.2 Å². The van der Waals surface area contributed by atoms with Crippen LogP contribution >= 0.6 is 15.9 Å². The second kappa shape index (κ2) is 9.96. The second-order valence-corrected chi connectivity index (χ2v) is 9.72. The van der Waals surface area contributed by atoms with Crippen LogP contribution in [-0.4, -0.2) is 29.6 Å². The maximum Gasteiger partial charge on any atom is 0.343 e. The highest BCUT2D eigenvalue weighted by atomic mass is 79.9. The number of halogens is 1. The summed E-state index contributed by atoms with van der Waals surface area (Å²) < 4.78 is 17.5. The summed E-state index contributed by atoms with van der Waals surface area (Å²) in [4.78, 5) is 25.3. The van der Waals surface area contributed by atoms with Gasteiger partial charge in [0.2, 0.25) is 0 Å². The number of hydrogen-bond donors (Lipinski definition) is 1. The number of carbonyl (C=O) groups is 2. The SMILES string of the molecule is COc1cc2c(c(O)c1C(=O)/C=C/c1ccc(OC(=O)c3cccc(Br)c3)cc1)CCC(C)(C)O2. The van der Waals surface area contributed by atoms with Crippen LogP contribution in [0.25, 0.3) is 6.08 Å². The number of carbonyl (C=O) groups excluding carboxylic acids is 2. The number of benzene rings is 3. The molecular weight excluding hydrogens is 512 g/mol. The van der Waals surface area contributed by atoms with Gasteiger partial charge in [-0.3, -0.25) is 4.79 Å². The van der Waals surface area contributed by atoms with E-state index in [1.54, 1.807) is 54.6 Å². The summed E-state index contributed by atoms with van der Waals surface area (Å²) in [5, 5.41) is 10.8. The lowest BCUT2D eigenvalue weighted by molar-refractivity contribution is 0.0734. The largest absolute Gasteiger partial charge is 0.507 e. The predicted octanol–water partition coefficient (Wildman–Crippen LogP) is 6.38. The fourth-order valence-electron chi connectivity index (χ4n) is 3.85. The molecule has 1 heterocycles. The molecule has 1 aliphatic heterocycles. The van der Waals surface area contributed by atoms with Gasteiger partial charge in [-0.05, 0) is 68.7 Å². The fourth-order valence-corrected chi connectivity index (χ4v) is 4.25. The second-order valence-electron chi connectivity index (χ2n) is 8.81. The lowest BCUT2D eigenvalue weighted by Gasteiger charge is -2.33. The lowest BCUT2D eigenvalue weighted by Crippen LogP contribution is -2.32. The molecule has 0 radical (unpaired) electrons. The molecule has 0 fully saturated rings. The molecule has 1 N–H and O–H groups in total. The Morgan fingerprint density at radius 1 is 1.11 bits per heavy atom. The van der Waals surface area contributed by atoms with Crippen molar-refractivity contribution < 1.29 is 28.9 Å². The van der Waals surface area contributed by atoms with Crippen molar-refractivity contribution in [3.63, 3.8) is 0 Å². The van der Waals surface area contributed by atoms with Crippen molar-refractivity contribution >= 4 is 33.8 Å². The Kier molecular flexibility index (Phi) is 6.98. The minimum absolute atomic E-state index is 0.102. The molecule has 180 valence electrons. The fraction of sp³-hybridized carbons (Fsp3) is 0.214. The summed E-state index contributed by atoms with van der Waals surface area (Å²) in [6.07, 6.45) is 4.32. The van der Waals surface area contributed by atoms with Gasteiger partial charge in [0.15, 0.2) is 5.78 Å². The zero-order valence-electron chi connectivity index (χ0n) is 19.6. The number of aromatic hydroxyl groups is 1. The highest BCUT2D eigenvalue weighted by Crippen LogP contribution is 2.44. The summed E-state index contributed by atoms with van der Waals surface area (Å²) in [7, 11) is 1.45. The van der Waals surface area contributed by atoms with Gasteiger partial charge in [-0.1, -0.05) is 40.2 Å². The third kappa shape index (κ3) is 5.57. The van der Waals surface area contributed by atoms with E-state index in [1.807, 2.05) is 19.9 Å². The summed E-state index contributed by atoms with van der Waals surface area (Å²) >= 11 is 3.33. The highest BCUT2D eigenvalue weighted by molar-refractivity contribution is 9.10. The number of hydrogen-bond acceptors (Lipinski definition) is 6. The number of phenols is 1. The first-order chi connectivity index (χ1) is 16.7. The third-order valence-corrected chi connectivity index (χ3v) is 6.23. The Morgan fingerprint density at radius 2 is 1.86 bits per heavy atom. The zero-order valence-corrected chi connectivity index (χ0v) is 21.2. The van der Waals surface area contributed by atoms with E-state index >= 15 is 0 Å². The molecule has 0 aromatic heterocycles. The Bertz CT molecular complexity index is 1310. The van der Waals surface area contributed by atoms with Gasteiger partial charge in [0.1, 0.15) is 34.2 Å².